The third-order valence-electron chi connectivity index (χ3n) is 2.25. The van der Waals surface area contributed by atoms with Crippen LogP contribution in [-0.4, -0.2) is 31.8 Å². The number of amides is 1. The van der Waals surface area contributed by atoms with Gasteiger partial charge in [-0.05, 0) is 26.3 Å². The predicted molar refractivity (Wildman–Crippen MR) is 46.0 cm³/mol. The van der Waals surface area contributed by atoms with Crippen LogP contribution >= 0.6 is 0 Å². The van der Waals surface area contributed by atoms with Gasteiger partial charge >= 0.3 is 6.09 Å². The molecule has 1 heterocycles. The van der Waals surface area contributed by atoms with E-state index < -0.39 is 0 Å². The van der Waals surface area contributed by atoms with Crippen molar-refractivity contribution in [2.75, 3.05) is 13.7 Å². The normalized spacial score (nSPS) is 29.5. The van der Waals surface area contributed by atoms with Gasteiger partial charge in [-0.1, -0.05) is 0 Å². The highest BCUT2D eigenvalue weighted by atomic mass is 16.5. The summed E-state index contributed by atoms with van der Waals surface area (Å²) in [4.78, 5) is 10.9. The molecular formula is C8H16N2O2. The molecule has 0 bridgehead atoms. The standard InChI is InChI=1S/C8H16N2O2/c1-6-7(4-3-5-9-6)10-8(11)12-2/h6-7,9H,3-5H2,1-2H3,(H,10,11). The van der Waals surface area contributed by atoms with E-state index in [-0.39, 0.29) is 12.1 Å². The Kier molecular flexibility index (Phi) is 3.34. The van der Waals surface area contributed by atoms with E-state index >= 15 is 0 Å². The van der Waals surface area contributed by atoms with Crippen LogP contribution in [0.15, 0.2) is 0 Å². The molecular weight excluding hydrogens is 156 g/mol. The molecule has 0 aliphatic carbocycles. The van der Waals surface area contributed by atoms with Crippen LogP contribution in [0.5, 0.6) is 0 Å². The van der Waals surface area contributed by atoms with E-state index in [9.17, 15) is 4.79 Å². The summed E-state index contributed by atoms with van der Waals surface area (Å²) in [5.41, 5.74) is 0. The van der Waals surface area contributed by atoms with Crippen molar-refractivity contribution < 1.29 is 9.53 Å². The van der Waals surface area contributed by atoms with Crippen LogP contribution in [0, 0.1) is 0 Å². The molecule has 4 heteroatoms. The zero-order chi connectivity index (χ0) is 8.97. The van der Waals surface area contributed by atoms with Gasteiger partial charge in [-0.2, -0.15) is 0 Å². The summed E-state index contributed by atoms with van der Waals surface area (Å²) in [5.74, 6) is 0. The van der Waals surface area contributed by atoms with Crippen LogP contribution in [-0.2, 0) is 4.74 Å². The highest BCUT2D eigenvalue weighted by molar-refractivity contribution is 5.67. The topological polar surface area (TPSA) is 50.4 Å². The molecule has 1 aliphatic rings. The average molecular weight is 172 g/mol. The first kappa shape index (κ1) is 9.32. The molecule has 1 amide bonds. The minimum Gasteiger partial charge on any atom is -0.453 e. The van der Waals surface area contributed by atoms with Gasteiger partial charge in [0.15, 0.2) is 0 Å². The quantitative estimate of drug-likeness (QED) is 0.605. The van der Waals surface area contributed by atoms with Crippen molar-refractivity contribution in [3.8, 4) is 0 Å². The zero-order valence-corrected chi connectivity index (χ0v) is 7.59. The van der Waals surface area contributed by atoms with E-state index in [1.54, 1.807) is 0 Å². The first-order valence-electron chi connectivity index (χ1n) is 4.32. The smallest absolute Gasteiger partial charge is 0.407 e. The summed E-state index contributed by atoms with van der Waals surface area (Å²) >= 11 is 0. The second kappa shape index (κ2) is 4.30. The Morgan fingerprint density at radius 1 is 1.67 bits per heavy atom. The fraction of sp³-hybridized carbons (Fsp3) is 0.875. The highest BCUT2D eigenvalue weighted by Crippen LogP contribution is 2.07. The summed E-state index contributed by atoms with van der Waals surface area (Å²) in [6, 6.07) is 0.559. The molecule has 1 saturated heterocycles. The SMILES string of the molecule is COC(=O)NC1CCCNC1C. The van der Waals surface area contributed by atoms with Gasteiger partial charge in [-0.3, -0.25) is 0 Å². The van der Waals surface area contributed by atoms with Crippen LogP contribution in [0.1, 0.15) is 19.8 Å². The number of carbonyl (C=O) groups excluding carboxylic acids is 1. The Morgan fingerprint density at radius 3 is 3.00 bits per heavy atom. The molecule has 70 valence electrons. The van der Waals surface area contributed by atoms with Crippen LogP contribution in [0.4, 0.5) is 4.79 Å². The van der Waals surface area contributed by atoms with E-state index in [4.69, 9.17) is 0 Å². The van der Waals surface area contributed by atoms with Crippen molar-refractivity contribution >= 4 is 6.09 Å². The molecule has 1 rings (SSSR count). The molecule has 1 aliphatic heterocycles. The predicted octanol–water partition coefficient (Wildman–Crippen LogP) is 0.483. The van der Waals surface area contributed by atoms with Gasteiger partial charge in [0, 0.05) is 12.1 Å². The molecule has 0 aromatic heterocycles. The zero-order valence-electron chi connectivity index (χ0n) is 7.59. The number of carbonyl (C=O) groups is 1. The second-order valence-corrected chi connectivity index (χ2v) is 3.13. The lowest BCUT2D eigenvalue weighted by molar-refractivity contribution is 0.160. The summed E-state index contributed by atoms with van der Waals surface area (Å²) in [7, 11) is 1.39. The maximum absolute atomic E-state index is 10.9. The van der Waals surface area contributed by atoms with Crippen LogP contribution in [0.25, 0.3) is 0 Å². The van der Waals surface area contributed by atoms with Crippen molar-refractivity contribution in [1.29, 1.82) is 0 Å². The van der Waals surface area contributed by atoms with Gasteiger partial charge in [0.25, 0.3) is 0 Å². The Bertz CT molecular complexity index is 161. The summed E-state index contributed by atoms with van der Waals surface area (Å²) in [6.07, 6.45) is 1.80. The number of hydrogen-bond acceptors (Lipinski definition) is 3. The first-order chi connectivity index (χ1) is 5.74. The maximum atomic E-state index is 10.9. The molecule has 2 unspecified atom stereocenters. The van der Waals surface area contributed by atoms with Gasteiger partial charge in [0.05, 0.1) is 7.11 Å². The lowest BCUT2D eigenvalue weighted by Crippen LogP contribution is -2.51. The van der Waals surface area contributed by atoms with Crippen LogP contribution in [0.2, 0.25) is 0 Å². The fourth-order valence-corrected chi connectivity index (χ4v) is 1.45. The van der Waals surface area contributed by atoms with Gasteiger partial charge in [0.2, 0.25) is 0 Å². The minimum atomic E-state index is -0.337. The molecule has 12 heavy (non-hydrogen) atoms. The molecule has 4 nitrogen and oxygen atoms in total. The molecule has 0 spiro atoms. The van der Waals surface area contributed by atoms with Crippen molar-refractivity contribution in [3.05, 3.63) is 0 Å². The highest BCUT2D eigenvalue weighted by Gasteiger charge is 2.22. The third-order valence-corrected chi connectivity index (χ3v) is 2.25. The van der Waals surface area contributed by atoms with Crippen molar-refractivity contribution in [2.24, 2.45) is 0 Å². The number of hydrogen-bond donors (Lipinski definition) is 2. The molecule has 1 fully saturated rings. The molecule has 0 aromatic carbocycles. The molecule has 2 atom stereocenters. The number of piperidine rings is 1. The van der Waals surface area contributed by atoms with Crippen LogP contribution < -0.4 is 10.6 Å². The number of nitrogens with one attached hydrogen (secondary N) is 2. The third kappa shape index (κ3) is 2.37. The number of alkyl carbamates (subject to hydrolysis) is 1. The van der Waals surface area contributed by atoms with Crippen molar-refractivity contribution in [2.45, 2.75) is 31.8 Å². The van der Waals surface area contributed by atoms with E-state index in [0.717, 1.165) is 19.4 Å². The first-order valence-corrected chi connectivity index (χ1v) is 4.32. The van der Waals surface area contributed by atoms with Crippen molar-refractivity contribution in [3.63, 3.8) is 0 Å². The van der Waals surface area contributed by atoms with Gasteiger partial charge in [-0.15, -0.1) is 0 Å². The lowest BCUT2D eigenvalue weighted by atomic mass is 10.0. The molecule has 0 saturated carbocycles. The van der Waals surface area contributed by atoms with Crippen molar-refractivity contribution in [1.82, 2.24) is 10.6 Å². The van der Waals surface area contributed by atoms with Gasteiger partial charge in [-0.25, -0.2) is 4.79 Å². The minimum absolute atomic E-state index is 0.214. The maximum Gasteiger partial charge on any atom is 0.407 e. The largest absolute Gasteiger partial charge is 0.453 e. The Balaban J connectivity index is 2.33. The Labute approximate surface area is 72.7 Å². The van der Waals surface area contributed by atoms with Gasteiger partial charge < -0.3 is 15.4 Å². The number of rotatable bonds is 1. The number of methoxy groups -OCH3 is 1. The van der Waals surface area contributed by atoms with E-state index in [2.05, 4.69) is 22.3 Å². The summed E-state index contributed by atoms with van der Waals surface area (Å²) in [6.45, 7) is 3.11. The molecule has 0 radical (unpaired) electrons. The second-order valence-electron chi connectivity index (χ2n) is 3.13. The average Bonchev–Trinajstić information content (AvgIpc) is 2.09. The number of ether oxygens (including phenoxy) is 1. The Morgan fingerprint density at radius 2 is 2.42 bits per heavy atom. The Hall–Kier alpha value is -0.770. The van der Waals surface area contributed by atoms with E-state index in [0.29, 0.717) is 6.04 Å². The summed E-state index contributed by atoms with van der Waals surface area (Å²) < 4.78 is 4.52. The molecule has 2 N–H and O–H groups in total. The lowest BCUT2D eigenvalue weighted by Gasteiger charge is -2.29. The van der Waals surface area contributed by atoms with E-state index in [1.807, 2.05) is 0 Å². The van der Waals surface area contributed by atoms with Crippen LogP contribution in [0.3, 0.4) is 0 Å². The fourth-order valence-electron chi connectivity index (χ4n) is 1.45. The molecule has 0 aromatic rings. The monoisotopic (exact) mass is 172 g/mol. The summed E-state index contributed by atoms with van der Waals surface area (Å²) in [5, 5.41) is 6.09. The van der Waals surface area contributed by atoms with Gasteiger partial charge in [0.1, 0.15) is 0 Å². The van der Waals surface area contributed by atoms with E-state index in [1.165, 1.54) is 7.11 Å².